The summed E-state index contributed by atoms with van der Waals surface area (Å²) >= 11 is 10.4. The van der Waals surface area contributed by atoms with Crippen molar-refractivity contribution in [2.75, 3.05) is 11.1 Å². The van der Waals surface area contributed by atoms with E-state index in [1.54, 1.807) is 6.20 Å². The second-order valence-corrected chi connectivity index (χ2v) is 7.21. The predicted octanol–water partition coefficient (Wildman–Crippen LogP) is 5.63. The maximum atomic E-state index is 13.0. The first-order chi connectivity index (χ1) is 12.0. The molecule has 1 N–H and O–H groups in total. The molecule has 3 aromatic rings. The highest BCUT2D eigenvalue weighted by Crippen LogP contribution is 2.27. The highest BCUT2D eigenvalue weighted by molar-refractivity contribution is 9.10. The fourth-order valence-corrected chi connectivity index (χ4v) is 3.06. The van der Waals surface area contributed by atoms with Crippen molar-refractivity contribution in [2.24, 2.45) is 0 Å². The van der Waals surface area contributed by atoms with E-state index in [2.05, 4.69) is 26.2 Å². The van der Waals surface area contributed by atoms with Crippen molar-refractivity contribution >= 4 is 50.9 Å². The minimum atomic E-state index is -0.461. The molecule has 25 heavy (non-hydrogen) atoms. The van der Waals surface area contributed by atoms with Crippen LogP contribution < -0.4 is 5.32 Å². The van der Waals surface area contributed by atoms with Gasteiger partial charge in [-0.3, -0.25) is 4.79 Å². The Kier molecular flexibility index (Phi) is 5.78. The molecule has 0 bridgehead atoms. The molecule has 0 atom stereocenters. The summed E-state index contributed by atoms with van der Waals surface area (Å²) in [6.07, 6.45) is 1.61. The van der Waals surface area contributed by atoms with Gasteiger partial charge in [-0.2, -0.15) is 0 Å². The first kappa shape index (κ1) is 18.0. The summed E-state index contributed by atoms with van der Waals surface area (Å²) in [7, 11) is 0. The Balaban J connectivity index is 1.58. The van der Waals surface area contributed by atoms with Crippen LogP contribution in [-0.4, -0.2) is 16.6 Å². The van der Waals surface area contributed by atoms with Gasteiger partial charge in [0.2, 0.25) is 5.91 Å². The highest BCUT2D eigenvalue weighted by Gasteiger charge is 2.11. The quantitative estimate of drug-likeness (QED) is 0.522. The van der Waals surface area contributed by atoms with Crippen LogP contribution in [0.5, 0.6) is 0 Å². The van der Waals surface area contributed by atoms with Crippen molar-refractivity contribution in [1.29, 1.82) is 0 Å². The molecular formula is C17H11BrClFN2O2S. The summed E-state index contributed by atoms with van der Waals surface area (Å²) in [5.41, 5.74) is 1.25. The first-order valence-electron chi connectivity index (χ1n) is 7.11. The van der Waals surface area contributed by atoms with Gasteiger partial charge in [0.25, 0.3) is 5.22 Å². The molecule has 8 heteroatoms. The van der Waals surface area contributed by atoms with Gasteiger partial charge in [-0.25, -0.2) is 9.37 Å². The van der Waals surface area contributed by atoms with E-state index >= 15 is 0 Å². The standard InChI is InChI=1S/C17H11BrClFN2O2S/c18-11-3-1-10(2-4-11)15-8-21-17(24-15)25-9-16(23)22-14-6-5-12(20)7-13(14)19/h1-8H,9H2,(H,22,23). The summed E-state index contributed by atoms with van der Waals surface area (Å²) in [5.74, 6) is -0.0370. The number of rotatable bonds is 5. The number of halogens is 3. The SMILES string of the molecule is O=C(CSc1ncc(-c2ccc(Br)cc2)o1)Nc1ccc(F)cc1Cl. The van der Waals surface area contributed by atoms with E-state index < -0.39 is 5.82 Å². The Hall–Kier alpha value is -1.83. The van der Waals surface area contributed by atoms with Crippen LogP contribution in [0.2, 0.25) is 5.02 Å². The number of carbonyl (C=O) groups is 1. The minimum absolute atomic E-state index is 0.0913. The lowest BCUT2D eigenvalue weighted by Crippen LogP contribution is -2.14. The summed E-state index contributed by atoms with van der Waals surface area (Å²) in [6, 6.07) is 11.4. The van der Waals surface area contributed by atoms with Gasteiger partial charge in [0.15, 0.2) is 5.76 Å². The number of benzene rings is 2. The van der Waals surface area contributed by atoms with Crippen molar-refractivity contribution in [3.05, 3.63) is 64.0 Å². The topological polar surface area (TPSA) is 55.1 Å². The van der Waals surface area contributed by atoms with Crippen molar-refractivity contribution in [3.8, 4) is 11.3 Å². The Morgan fingerprint density at radius 3 is 2.76 bits per heavy atom. The van der Waals surface area contributed by atoms with Gasteiger partial charge in [0.05, 0.1) is 22.7 Å². The number of carbonyl (C=O) groups excluding carboxylic acids is 1. The Bertz CT molecular complexity index is 902. The van der Waals surface area contributed by atoms with Gasteiger partial charge in [-0.1, -0.05) is 51.4 Å². The molecule has 0 saturated heterocycles. The lowest BCUT2D eigenvalue weighted by Gasteiger charge is -2.06. The zero-order chi connectivity index (χ0) is 17.8. The molecule has 128 valence electrons. The average Bonchev–Trinajstić information content (AvgIpc) is 3.05. The van der Waals surface area contributed by atoms with E-state index in [1.807, 2.05) is 24.3 Å². The molecule has 0 radical (unpaired) electrons. The van der Waals surface area contributed by atoms with Crippen molar-refractivity contribution in [3.63, 3.8) is 0 Å². The highest BCUT2D eigenvalue weighted by atomic mass is 79.9. The van der Waals surface area contributed by atoms with Crippen LogP contribution in [0, 0.1) is 5.82 Å². The minimum Gasteiger partial charge on any atom is -0.431 e. The van der Waals surface area contributed by atoms with Crippen molar-refractivity contribution in [1.82, 2.24) is 4.98 Å². The number of amides is 1. The molecule has 1 amide bonds. The number of aromatic nitrogens is 1. The molecular weight excluding hydrogens is 431 g/mol. The molecule has 3 rings (SSSR count). The van der Waals surface area contributed by atoms with E-state index in [4.69, 9.17) is 16.0 Å². The van der Waals surface area contributed by atoms with Crippen molar-refractivity contribution < 1.29 is 13.6 Å². The third-order valence-electron chi connectivity index (χ3n) is 3.15. The van der Waals surface area contributed by atoms with Crippen LogP contribution in [0.25, 0.3) is 11.3 Å². The van der Waals surface area contributed by atoms with Gasteiger partial charge >= 0.3 is 0 Å². The number of thioether (sulfide) groups is 1. The molecule has 0 aliphatic heterocycles. The van der Waals surface area contributed by atoms with Crippen molar-refractivity contribution in [2.45, 2.75) is 5.22 Å². The Morgan fingerprint density at radius 1 is 1.28 bits per heavy atom. The molecule has 0 saturated carbocycles. The lowest BCUT2D eigenvalue weighted by molar-refractivity contribution is -0.113. The third-order valence-corrected chi connectivity index (χ3v) is 4.83. The largest absolute Gasteiger partial charge is 0.431 e. The zero-order valence-corrected chi connectivity index (χ0v) is 15.8. The lowest BCUT2D eigenvalue weighted by atomic mass is 10.2. The van der Waals surface area contributed by atoms with Crippen LogP contribution in [0.1, 0.15) is 0 Å². The predicted molar refractivity (Wildman–Crippen MR) is 100 cm³/mol. The number of nitrogens with one attached hydrogen (secondary N) is 1. The van der Waals surface area contributed by atoms with Gasteiger partial charge < -0.3 is 9.73 Å². The van der Waals surface area contributed by atoms with Crippen LogP contribution in [0.3, 0.4) is 0 Å². The van der Waals surface area contributed by atoms with E-state index in [-0.39, 0.29) is 16.7 Å². The molecule has 1 heterocycles. The molecule has 2 aromatic carbocycles. The Morgan fingerprint density at radius 2 is 2.04 bits per heavy atom. The van der Waals surface area contributed by atoms with Gasteiger partial charge in [-0.05, 0) is 30.3 Å². The second kappa shape index (κ2) is 8.03. The number of hydrogen-bond donors (Lipinski definition) is 1. The van der Waals surface area contributed by atoms with Gasteiger partial charge in [0.1, 0.15) is 5.82 Å². The maximum absolute atomic E-state index is 13.0. The summed E-state index contributed by atoms with van der Waals surface area (Å²) in [5, 5.41) is 3.15. The maximum Gasteiger partial charge on any atom is 0.256 e. The molecule has 0 spiro atoms. The molecule has 4 nitrogen and oxygen atoms in total. The first-order valence-corrected chi connectivity index (χ1v) is 9.26. The third kappa shape index (κ3) is 4.84. The second-order valence-electron chi connectivity index (χ2n) is 4.96. The van der Waals surface area contributed by atoms with E-state index in [9.17, 15) is 9.18 Å². The van der Waals surface area contributed by atoms with E-state index in [1.165, 1.54) is 12.1 Å². The smallest absolute Gasteiger partial charge is 0.256 e. The molecule has 1 aromatic heterocycles. The van der Waals surface area contributed by atoms with Crippen LogP contribution in [0.4, 0.5) is 10.1 Å². The number of oxazole rings is 1. The monoisotopic (exact) mass is 440 g/mol. The summed E-state index contributed by atoms with van der Waals surface area (Å²) in [4.78, 5) is 16.1. The van der Waals surface area contributed by atoms with Crippen LogP contribution in [0.15, 0.2) is 62.8 Å². The fraction of sp³-hybridized carbons (Fsp3) is 0.0588. The summed E-state index contributed by atoms with van der Waals surface area (Å²) < 4.78 is 19.6. The van der Waals surface area contributed by atoms with Crippen LogP contribution >= 0.6 is 39.3 Å². The van der Waals surface area contributed by atoms with Gasteiger partial charge in [-0.15, -0.1) is 0 Å². The number of hydrogen-bond acceptors (Lipinski definition) is 4. The average molecular weight is 442 g/mol. The zero-order valence-electron chi connectivity index (χ0n) is 12.6. The molecule has 0 fully saturated rings. The van der Waals surface area contributed by atoms with Gasteiger partial charge in [0, 0.05) is 10.0 Å². The molecule has 0 unspecified atom stereocenters. The normalized spacial score (nSPS) is 10.7. The number of nitrogens with zero attached hydrogens (tertiary/aromatic N) is 1. The van der Waals surface area contributed by atoms with Crippen LogP contribution in [-0.2, 0) is 4.79 Å². The summed E-state index contributed by atoms with van der Waals surface area (Å²) in [6.45, 7) is 0. The Labute approximate surface area is 160 Å². The molecule has 0 aliphatic rings. The molecule has 0 aliphatic carbocycles. The van der Waals surface area contributed by atoms with E-state index in [0.717, 1.165) is 27.9 Å². The van der Waals surface area contributed by atoms with E-state index in [0.29, 0.717) is 16.7 Å². The fourth-order valence-electron chi connectivity index (χ4n) is 1.98. The number of anilines is 1.